The van der Waals surface area contributed by atoms with Crippen molar-refractivity contribution in [3.05, 3.63) is 24.0 Å². The molecular formula is C14H18F4N2O3. The first-order chi connectivity index (χ1) is 10.7. The molecule has 0 fully saturated rings. The number of urea groups is 1. The number of carbonyl (C=O) groups is 1. The maximum atomic E-state index is 13.2. The van der Waals surface area contributed by atoms with Crippen LogP contribution in [-0.4, -0.2) is 36.6 Å². The highest BCUT2D eigenvalue weighted by atomic mass is 19.4. The van der Waals surface area contributed by atoms with Gasteiger partial charge in [-0.15, -0.1) is 0 Å². The Kier molecular flexibility index (Phi) is 7.08. The molecule has 23 heavy (non-hydrogen) atoms. The SMILES string of the molecule is CCC(CCO)NC(=O)Nc1ccc(F)cc1OCC(F)(F)F. The van der Waals surface area contributed by atoms with Crippen LogP contribution >= 0.6 is 0 Å². The molecule has 0 radical (unpaired) electrons. The molecule has 1 atom stereocenters. The molecule has 130 valence electrons. The average Bonchev–Trinajstić information content (AvgIpc) is 2.46. The summed E-state index contributed by atoms with van der Waals surface area (Å²) < 4.78 is 54.3. The van der Waals surface area contributed by atoms with Crippen molar-refractivity contribution in [2.24, 2.45) is 0 Å². The first-order valence-electron chi connectivity index (χ1n) is 6.92. The molecule has 1 aromatic carbocycles. The Balaban J connectivity index is 2.76. The second-order valence-electron chi connectivity index (χ2n) is 4.76. The number of anilines is 1. The van der Waals surface area contributed by atoms with Crippen molar-refractivity contribution >= 4 is 11.7 Å². The molecule has 0 saturated carbocycles. The fraction of sp³-hybridized carbons (Fsp3) is 0.500. The molecule has 0 aliphatic carbocycles. The van der Waals surface area contributed by atoms with Crippen molar-refractivity contribution in [2.45, 2.75) is 32.0 Å². The fourth-order valence-electron chi connectivity index (χ4n) is 1.76. The van der Waals surface area contributed by atoms with Crippen molar-refractivity contribution in [3.63, 3.8) is 0 Å². The number of halogens is 4. The molecule has 0 saturated heterocycles. The van der Waals surface area contributed by atoms with E-state index in [0.717, 1.165) is 18.2 Å². The molecule has 0 heterocycles. The monoisotopic (exact) mass is 338 g/mol. The quantitative estimate of drug-likeness (QED) is 0.669. The Morgan fingerprint density at radius 2 is 2.09 bits per heavy atom. The molecule has 1 aromatic rings. The minimum absolute atomic E-state index is 0.0907. The number of rotatable bonds is 7. The van der Waals surface area contributed by atoms with Crippen LogP contribution in [0.15, 0.2) is 18.2 Å². The lowest BCUT2D eigenvalue weighted by Gasteiger charge is -2.18. The Hall–Kier alpha value is -2.03. The van der Waals surface area contributed by atoms with Crippen LogP contribution in [0.4, 0.5) is 28.0 Å². The molecule has 0 spiro atoms. The predicted octanol–water partition coefficient (Wildman–Crippen LogP) is 3.05. The maximum absolute atomic E-state index is 13.2. The normalized spacial score (nSPS) is 12.6. The molecular weight excluding hydrogens is 320 g/mol. The number of hydrogen-bond acceptors (Lipinski definition) is 3. The van der Waals surface area contributed by atoms with Crippen LogP contribution in [0, 0.1) is 5.82 Å². The highest BCUT2D eigenvalue weighted by molar-refractivity contribution is 5.91. The largest absolute Gasteiger partial charge is 0.482 e. The minimum Gasteiger partial charge on any atom is -0.482 e. The van der Waals surface area contributed by atoms with Gasteiger partial charge in [0.05, 0.1) is 5.69 Å². The summed E-state index contributed by atoms with van der Waals surface area (Å²) in [6, 6.07) is 1.87. The Bertz CT molecular complexity index is 523. The van der Waals surface area contributed by atoms with Crippen LogP contribution in [0.3, 0.4) is 0 Å². The van der Waals surface area contributed by atoms with Crippen molar-refractivity contribution < 1.29 is 32.2 Å². The van der Waals surface area contributed by atoms with Gasteiger partial charge in [0.15, 0.2) is 6.61 Å². The first-order valence-corrected chi connectivity index (χ1v) is 6.92. The summed E-state index contributed by atoms with van der Waals surface area (Å²) in [6.45, 7) is 0.0838. The zero-order valence-electron chi connectivity index (χ0n) is 12.4. The Morgan fingerprint density at radius 3 is 2.65 bits per heavy atom. The fourth-order valence-corrected chi connectivity index (χ4v) is 1.76. The van der Waals surface area contributed by atoms with E-state index in [4.69, 9.17) is 5.11 Å². The molecule has 9 heteroatoms. The van der Waals surface area contributed by atoms with Gasteiger partial charge in [-0.2, -0.15) is 13.2 Å². The van der Waals surface area contributed by atoms with Crippen molar-refractivity contribution in [3.8, 4) is 5.75 Å². The van der Waals surface area contributed by atoms with E-state index in [1.54, 1.807) is 6.92 Å². The van der Waals surface area contributed by atoms with Crippen molar-refractivity contribution in [1.29, 1.82) is 0 Å². The molecule has 0 aliphatic rings. The number of aliphatic hydroxyl groups is 1. The van der Waals surface area contributed by atoms with E-state index in [1.807, 2.05) is 0 Å². The van der Waals surface area contributed by atoms with Crippen LogP contribution in [0.5, 0.6) is 5.75 Å². The summed E-state index contributed by atoms with van der Waals surface area (Å²) in [7, 11) is 0. The Labute approximate surface area is 130 Å². The highest BCUT2D eigenvalue weighted by Gasteiger charge is 2.29. The van der Waals surface area contributed by atoms with Crippen LogP contribution in [-0.2, 0) is 0 Å². The zero-order valence-corrected chi connectivity index (χ0v) is 12.4. The second kappa shape index (κ2) is 8.56. The van der Waals surface area contributed by atoms with E-state index in [0.29, 0.717) is 12.8 Å². The van der Waals surface area contributed by atoms with Gasteiger partial charge in [-0.25, -0.2) is 9.18 Å². The number of aliphatic hydroxyl groups excluding tert-OH is 1. The number of hydrogen-bond donors (Lipinski definition) is 3. The van der Waals surface area contributed by atoms with Gasteiger partial charge >= 0.3 is 12.2 Å². The molecule has 3 N–H and O–H groups in total. The topological polar surface area (TPSA) is 70.6 Å². The molecule has 1 rings (SSSR count). The molecule has 5 nitrogen and oxygen atoms in total. The third-order valence-electron chi connectivity index (χ3n) is 2.89. The summed E-state index contributed by atoms with van der Waals surface area (Å²) in [4.78, 5) is 11.8. The van der Waals surface area contributed by atoms with Gasteiger partial charge in [0.2, 0.25) is 0 Å². The standard InChI is InChI=1S/C14H18F4N2O3/c1-2-10(5-6-21)19-13(22)20-11-4-3-9(15)7-12(11)23-8-14(16,17)18/h3-4,7,10,21H,2,5-6,8H2,1H3,(H2,19,20,22). The summed E-state index contributed by atoms with van der Waals surface area (Å²) in [5, 5.41) is 13.7. The number of nitrogens with one attached hydrogen (secondary N) is 2. The lowest BCUT2D eigenvalue weighted by atomic mass is 10.2. The smallest absolute Gasteiger partial charge is 0.422 e. The van der Waals surface area contributed by atoms with Gasteiger partial charge in [0.25, 0.3) is 0 Å². The van der Waals surface area contributed by atoms with E-state index in [-0.39, 0.29) is 18.3 Å². The molecule has 1 unspecified atom stereocenters. The number of benzene rings is 1. The van der Waals surface area contributed by atoms with E-state index in [9.17, 15) is 22.4 Å². The van der Waals surface area contributed by atoms with Gasteiger partial charge in [-0.3, -0.25) is 0 Å². The van der Waals surface area contributed by atoms with Crippen molar-refractivity contribution in [2.75, 3.05) is 18.5 Å². The minimum atomic E-state index is -4.58. The van der Waals surface area contributed by atoms with Crippen LogP contribution < -0.4 is 15.4 Å². The lowest BCUT2D eigenvalue weighted by Crippen LogP contribution is -2.38. The van der Waals surface area contributed by atoms with Gasteiger partial charge in [-0.1, -0.05) is 6.92 Å². The van der Waals surface area contributed by atoms with Crippen LogP contribution in [0.25, 0.3) is 0 Å². The molecule has 0 bridgehead atoms. The van der Waals surface area contributed by atoms with Gasteiger partial charge in [-0.05, 0) is 25.0 Å². The van der Waals surface area contributed by atoms with Crippen molar-refractivity contribution in [1.82, 2.24) is 5.32 Å². The second-order valence-corrected chi connectivity index (χ2v) is 4.76. The zero-order chi connectivity index (χ0) is 17.5. The van der Waals surface area contributed by atoms with Gasteiger partial charge < -0.3 is 20.5 Å². The number of ether oxygens (including phenoxy) is 1. The Morgan fingerprint density at radius 1 is 1.39 bits per heavy atom. The number of alkyl halides is 3. The van der Waals surface area contributed by atoms with E-state index in [1.165, 1.54) is 0 Å². The summed E-state index contributed by atoms with van der Waals surface area (Å²) >= 11 is 0. The van der Waals surface area contributed by atoms with E-state index in [2.05, 4.69) is 15.4 Å². The first kappa shape index (κ1) is 19.0. The van der Waals surface area contributed by atoms with E-state index >= 15 is 0 Å². The highest BCUT2D eigenvalue weighted by Crippen LogP contribution is 2.27. The average molecular weight is 338 g/mol. The molecule has 0 aromatic heterocycles. The van der Waals surface area contributed by atoms with Crippen LogP contribution in [0.1, 0.15) is 19.8 Å². The third kappa shape index (κ3) is 7.18. The predicted molar refractivity (Wildman–Crippen MR) is 75.9 cm³/mol. The summed E-state index contributed by atoms with van der Waals surface area (Å²) in [6.07, 6.45) is -3.68. The van der Waals surface area contributed by atoms with E-state index < -0.39 is 30.4 Å². The third-order valence-corrected chi connectivity index (χ3v) is 2.89. The molecule has 0 aliphatic heterocycles. The van der Waals surface area contributed by atoms with Gasteiger partial charge in [0.1, 0.15) is 11.6 Å². The number of amides is 2. The lowest BCUT2D eigenvalue weighted by molar-refractivity contribution is -0.153. The summed E-state index contributed by atoms with van der Waals surface area (Å²) in [5.74, 6) is -1.22. The number of carbonyl (C=O) groups excluding carboxylic acids is 1. The van der Waals surface area contributed by atoms with Gasteiger partial charge in [0, 0.05) is 18.7 Å². The summed E-state index contributed by atoms with van der Waals surface area (Å²) in [5.41, 5.74) is -0.0907. The van der Waals surface area contributed by atoms with Crippen LogP contribution in [0.2, 0.25) is 0 Å². The maximum Gasteiger partial charge on any atom is 0.422 e. The molecule has 2 amide bonds.